The van der Waals surface area contributed by atoms with Gasteiger partial charge in [-0.1, -0.05) is 12.1 Å². The van der Waals surface area contributed by atoms with Crippen LogP contribution < -0.4 is 15.4 Å². The maximum absolute atomic E-state index is 12.7. The van der Waals surface area contributed by atoms with Gasteiger partial charge in [-0.3, -0.25) is 0 Å². The van der Waals surface area contributed by atoms with E-state index in [4.69, 9.17) is 0 Å². The van der Waals surface area contributed by atoms with Gasteiger partial charge in [-0.25, -0.2) is 18.1 Å². The molecular weight excluding hydrogens is 496 g/mol. The molecule has 0 heterocycles. The Kier molecular flexibility index (Phi) is 11.9. The molecule has 0 aromatic heterocycles. The minimum Gasteiger partial charge on any atom is -0.357 e. The lowest BCUT2D eigenvalue weighted by Gasteiger charge is -2.12. The van der Waals surface area contributed by atoms with Crippen LogP contribution in [0.4, 0.5) is 13.2 Å². The Hall–Kier alpha value is -1.08. The second-order valence-corrected chi connectivity index (χ2v) is 7.57. The van der Waals surface area contributed by atoms with E-state index in [1.165, 1.54) is 6.07 Å². The van der Waals surface area contributed by atoms with Gasteiger partial charge in [0.15, 0.2) is 5.96 Å². The Morgan fingerprint density at radius 1 is 1.15 bits per heavy atom. The van der Waals surface area contributed by atoms with Crippen LogP contribution in [0.5, 0.6) is 0 Å². The zero-order chi connectivity index (χ0) is 19.6. The van der Waals surface area contributed by atoms with Gasteiger partial charge in [-0.05, 0) is 38.0 Å². The van der Waals surface area contributed by atoms with Crippen LogP contribution in [0.2, 0.25) is 0 Å². The summed E-state index contributed by atoms with van der Waals surface area (Å²) in [5.74, 6) is 0.491. The number of nitrogens with zero attached hydrogens (tertiary/aromatic N) is 1. The van der Waals surface area contributed by atoms with Crippen molar-refractivity contribution in [3.05, 3.63) is 35.4 Å². The number of halogens is 4. The highest BCUT2D eigenvalue weighted by Crippen LogP contribution is 2.29. The SMILES string of the molecule is CCNC(=NCc1cccc(C(F)(F)F)c1)NCCCNS(=O)(=O)CC.I. The predicted octanol–water partition coefficient (Wildman–Crippen LogP) is 2.71. The number of benzene rings is 1. The number of hydrogen-bond acceptors (Lipinski definition) is 3. The fourth-order valence-electron chi connectivity index (χ4n) is 1.98. The molecule has 0 saturated heterocycles. The van der Waals surface area contributed by atoms with Crippen molar-refractivity contribution in [2.75, 3.05) is 25.4 Å². The van der Waals surface area contributed by atoms with Crippen LogP contribution in [0.25, 0.3) is 0 Å². The average Bonchev–Trinajstić information content (AvgIpc) is 2.58. The first-order chi connectivity index (χ1) is 12.2. The van der Waals surface area contributed by atoms with Crippen LogP contribution in [0.15, 0.2) is 29.3 Å². The minimum absolute atomic E-state index is 0. The van der Waals surface area contributed by atoms with Crippen LogP contribution >= 0.6 is 24.0 Å². The molecule has 0 unspecified atom stereocenters. The van der Waals surface area contributed by atoms with Crippen LogP contribution in [-0.4, -0.2) is 39.8 Å². The Labute approximate surface area is 175 Å². The monoisotopic (exact) mass is 522 g/mol. The first-order valence-corrected chi connectivity index (χ1v) is 9.98. The van der Waals surface area contributed by atoms with Crippen LogP contribution in [0.3, 0.4) is 0 Å². The third kappa shape index (κ3) is 10.7. The molecule has 156 valence electrons. The van der Waals surface area contributed by atoms with E-state index in [2.05, 4.69) is 20.3 Å². The third-order valence-corrected chi connectivity index (χ3v) is 4.77. The Morgan fingerprint density at radius 3 is 2.44 bits per heavy atom. The highest BCUT2D eigenvalue weighted by atomic mass is 127. The molecule has 0 aliphatic rings. The first-order valence-electron chi connectivity index (χ1n) is 8.33. The number of aliphatic imine (C=N–C) groups is 1. The van der Waals surface area contributed by atoms with Crippen molar-refractivity contribution in [1.82, 2.24) is 15.4 Å². The lowest BCUT2D eigenvalue weighted by molar-refractivity contribution is -0.137. The Bertz CT molecular complexity index is 697. The molecule has 3 N–H and O–H groups in total. The third-order valence-electron chi connectivity index (χ3n) is 3.37. The van der Waals surface area contributed by atoms with E-state index in [0.29, 0.717) is 37.6 Å². The van der Waals surface area contributed by atoms with Crippen LogP contribution in [0.1, 0.15) is 31.4 Å². The number of alkyl halides is 3. The number of guanidine groups is 1. The maximum Gasteiger partial charge on any atom is 0.416 e. The van der Waals surface area contributed by atoms with Crippen molar-refractivity contribution >= 4 is 40.0 Å². The summed E-state index contributed by atoms with van der Waals surface area (Å²) in [6.45, 7) is 4.90. The van der Waals surface area contributed by atoms with Crippen molar-refractivity contribution in [2.45, 2.75) is 33.0 Å². The highest BCUT2D eigenvalue weighted by molar-refractivity contribution is 14.0. The van der Waals surface area contributed by atoms with Gasteiger partial charge in [0, 0.05) is 19.6 Å². The van der Waals surface area contributed by atoms with Crippen molar-refractivity contribution in [2.24, 2.45) is 4.99 Å². The van der Waals surface area contributed by atoms with E-state index < -0.39 is 21.8 Å². The molecule has 1 rings (SSSR count). The van der Waals surface area contributed by atoms with E-state index in [9.17, 15) is 21.6 Å². The minimum atomic E-state index is -4.38. The molecule has 0 aliphatic heterocycles. The van der Waals surface area contributed by atoms with Gasteiger partial charge in [0.05, 0.1) is 17.9 Å². The lowest BCUT2D eigenvalue weighted by atomic mass is 10.1. The summed E-state index contributed by atoms with van der Waals surface area (Å²) in [6, 6.07) is 5.04. The zero-order valence-corrected chi connectivity index (χ0v) is 18.4. The molecule has 0 fully saturated rings. The van der Waals surface area contributed by atoms with Gasteiger partial charge in [0.1, 0.15) is 0 Å². The zero-order valence-electron chi connectivity index (χ0n) is 15.3. The molecule has 0 aliphatic carbocycles. The van der Waals surface area contributed by atoms with E-state index in [0.717, 1.165) is 12.1 Å². The second kappa shape index (κ2) is 12.4. The number of sulfonamides is 1. The van der Waals surface area contributed by atoms with Crippen molar-refractivity contribution in [1.29, 1.82) is 0 Å². The summed E-state index contributed by atoms with van der Waals surface area (Å²) < 4.78 is 63.3. The largest absolute Gasteiger partial charge is 0.416 e. The molecule has 1 aromatic rings. The van der Waals surface area contributed by atoms with Crippen LogP contribution in [0, 0.1) is 0 Å². The maximum atomic E-state index is 12.7. The second-order valence-electron chi connectivity index (χ2n) is 5.47. The molecule has 0 bridgehead atoms. The molecule has 0 spiro atoms. The number of nitrogens with one attached hydrogen (secondary N) is 3. The van der Waals surface area contributed by atoms with Crippen molar-refractivity contribution in [3.63, 3.8) is 0 Å². The molecule has 0 radical (unpaired) electrons. The molecule has 0 saturated carbocycles. The fraction of sp³-hybridized carbons (Fsp3) is 0.562. The molecule has 0 atom stereocenters. The standard InChI is InChI=1S/C16H25F3N4O2S.HI/c1-3-20-15(21-9-6-10-23-26(24,25)4-2)22-12-13-7-5-8-14(11-13)16(17,18)19;/h5,7-8,11,23H,3-4,6,9-10,12H2,1-2H3,(H2,20,21,22);1H. The van der Waals surface area contributed by atoms with E-state index in [1.807, 2.05) is 6.92 Å². The van der Waals surface area contributed by atoms with Crippen molar-refractivity contribution < 1.29 is 21.6 Å². The van der Waals surface area contributed by atoms with Crippen LogP contribution in [-0.2, 0) is 22.7 Å². The summed E-state index contributed by atoms with van der Waals surface area (Å²) in [5.41, 5.74) is -0.251. The highest BCUT2D eigenvalue weighted by Gasteiger charge is 2.30. The van der Waals surface area contributed by atoms with E-state index >= 15 is 0 Å². The van der Waals surface area contributed by atoms with Gasteiger partial charge in [0.2, 0.25) is 10.0 Å². The number of rotatable bonds is 9. The molecule has 11 heteroatoms. The van der Waals surface area contributed by atoms with Crippen molar-refractivity contribution in [3.8, 4) is 0 Å². The quantitative estimate of drug-likeness (QED) is 0.202. The van der Waals surface area contributed by atoms with Gasteiger partial charge in [0.25, 0.3) is 0 Å². The lowest BCUT2D eigenvalue weighted by Crippen LogP contribution is -2.38. The topological polar surface area (TPSA) is 82.6 Å². The van der Waals surface area contributed by atoms with Gasteiger partial charge in [-0.2, -0.15) is 13.2 Å². The molecule has 6 nitrogen and oxygen atoms in total. The predicted molar refractivity (Wildman–Crippen MR) is 112 cm³/mol. The molecule has 0 amide bonds. The van der Waals surface area contributed by atoms with E-state index in [-0.39, 0.29) is 36.3 Å². The van der Waals surface area contributed by atoms with Gasteiger partial charge >= 0.3 is 6.18 Å². The Balaban J connectivity index is 0.00000676. The average molecular weight is 522 g/mol. The summed E-state index contributed by atoms with van der Waals surface area (Å²) >= 11 is 0. The molecular formula is C16H26F3IN4O2S. The summed E-state index contributed by atoms with van der Waals surface area (Å²) in [7, 11) is -3.21. The number of hydrogen-bond donors (Lipinski definition) is 3. The summed E-state index contributed by atoms with van der Waals surface area (Å²) in [5, 5.41) is 6.02. The molecule has 1 aromatic carbocycles. The summed E-state index contributed by atoms with van der Waals surface area (Å²) in [6.07, 6.45) is -3.83. The summed E-state index contributed by atoms with van der Waals surface area (Å²) in [4.78, 5) is 4.26. The van der Waals surface area contributed by atoms with Gasteiger partial charge < -0.3 is 10.6 Å². The van der Waals surface area contributed by atoms with E-state index in [1.54, 1.807) is 13.0 Å². The fourth-order valence-corrected chi connectivity index (χ4v) is 2.64. The van der Waals surface area contributed by atoms with Gasteiger partial charge in [-0.15, -0.1) is 24.0 Å². The Morgan fingerprint density at radius 2 is 1.85 bits per heavy atom. The molecule has 27 heavy (non-hydrogen) atoms. The smallest absolute Gasteiger partial charge is 0.357 e. The normalized spacial score (nSPS) is 12.4. The first kappa shape index (κ1) is 25.9.